The molecule has 0 saturated carbocycles. The highest BCUT2D eigenvalue weighted by molar-refractivity contribution is 5.90. The van der Waals surface area contributed by atoms with Crippen LogP contribution in [-0.2, 0) is 0 Å². The van der Waals surface area contributed by atoms with Crippen molar-refractivity contribution in [3.8, 4) is 0 Å². The fourth-order valence-electron chi connectivity index (χ4n) is 1.65. The molecule has 102 valence electrons. The maximum Gasteiger partial charge on any atom is 0.287 e. The summed E-state index contributed by atoms with van der Waals surface area (Å²) in [7, 11) is 0. The Morgan fingerprint density at radius 2 is 2.33 bits per heavy atom. The second kappa shape index (κ2) is 6.51. The van der Waals surface area contributed by atoms with Gasteiger partial charge in [-0.15, -0.1) is 0 Å². The van der Waals surface area contributed by atoms with Gasteiger partial charge in [-0.3, -0.25) is 4.79 Å². The third-order valence-electron chi connectivity index (χ3n) is 2.95. The minimum absolute atomic E-state index is 0.0354. The molecule has 1 amide bonds. The first-order valence-electron chi connectivity index (χ1n) is 6.14. The molecule has 18 heavy (non-hydrogen) atoms. The van der Waals surface area contributed by atoms with Crippen LogP contribution in [0.5, 0.6) is 0 Å². The van der Waals surface area contributed by atoms with Gasteiger partial charge in [0.2, 0.25) is 0 Å². The van der Waals surface area contributed by atoms with E-state index >= 15 is 0 Å². The van der Waals surface area contributed by atoms with E-state index in [0.29, 0.717) is 19.3 Å². The Morgan fingerprint density at radius 1 is 1.61 bits per heavy atom. The maximum absolute atomic E-state index is 11.7. The fraction of sp³-hybridized carbons (Fsp3) is 0.667. The number of rotatable bonds is 7. The summed E-state index contributed by atoms with van der Waals surface area (Å²) in [5.74, 6) is -0.0907. The Hall–Kier alpha value is -1.40. The van der Waals surface area contributed by atoms with Gasteiger partial charge in [-0.1, -0.05) is 6.92 Å². The van der Waals surface area contributed by atoms with E-state index in [-0.39, 0.29) is 24.9 Å². The zero-order valence-corrected chi connectivity index (χ0v) is 10.9. The van der Waals surface area contributed by atoms with Crippen molar-refractivity contribution < 1.29 is 15.0 Å². The molecule has 1 heterocycles. The number of aromatic amines is 1. The van der Waals surface area contributed by atoms with Crippen LogP contribution in [0.1, 0.15) is 42.5 Å². The maximum atomic E-state index is 11.7. The van der Waals surface area contributed by atoms with Gasteiger partial charge in [-0.05, 0) is 26.2 Å². The van der Waals surface area contributed by atoms with E-state index in [9.17, 15) is 9.90 Å². The molecule has 1 aromatic rings. The monoisotopic (exact) mass is 255 g/mol. The first-order chi connectivity index (χ1) is 8.50. The Bertz CT molecular complexity index is 392. The number of hydrogen-bond acceptors (Lipinski definition) is 4. The van der Waals surface area contributed by atoms with Crippen molar-refractivity contribution in [1.29, 1.82) is 0 Å². The number of amides is 1. The summed E-state index contributed by atoms with van der Waals surface area (Å²) >= 11 is 0. The lowest BCUT2D eigenvalue weighted by atomic mass is 9.95. The molecule has 0 aliphatic carbocycles. The molecule has 6 heteroatoms. The molecule has 0 unspecified atom stereocenters. The van der Waals surface area contributed by atoms with E-state index in [0.717, 1.165) is 5.69 Å². The molecule has 0 saturated heterocycles. The number of aryl methyl sites for hydroxylation is 1. The molecule has 0 aliphatic rings. The molecule has 0 aliphatic heterocycles. The molecule has 1 atom stereocenters. The van der Waals surface area contributed by atoms with Gasteiger partial charge in [-0.2, -0.15) is 0 Å². The van der Waals surface area contributed by atoms with E-state index < -0.39 is 5.60 Å². The molecule has 4 N–H and O–H groups in total. The van der Waals surface area contributed by atoms with Crippen LogP contribution in [0.15, 0.2) is 6.20 Å². The topological polar surface area (TPSA) is 98.2 Å². The zero-order chi connectivity index (χ0) is 13.6. The predicted molar refractivity (Wildman–Crippen MR) is 67.2 cm³/mol. The molecule has 0 bridgehead atoms. The van der Waals surface area contributed by atoms with E-state index in [1.54, 1.807) is 6.20 Å². The lowest BCUT2D eigenvalue weighted by Gasteiger charge is -2.26. The predicted octanol–water partition coefficient (Wildman–Crippen LogP) is 0.362. The van der Waals surface area contributed by atoms with Crippen molar-refractivity contribution in [3.63, 3.8) is 0 Å². The van der Waals surface area contributed by atoms with Crippen LogP contribution in [0, 0.1) is 6.92 Å². The number of carbonyl (C=O) groups excluding carboxylic acids is 1. The van der Waals surface area contributed by atoms with Crippen molar-refractivity contribution in [2.45, 2.75) is 38.7 Å². The van der Waals surface area contributed by atoms with Gasteiger partial charge in [0, 0.05) is 25.0 Å². The summed E-state index contributed by atoms with van der Waals surface area (Å²) < 4.78 is 0. The summed E-state index contributed by atoms with van der Waals surface area (Å²) in [5, 5.41) is 21.6. The molecule has 1 rings (SSSR count). The Morgan fingerprint density at radius 3 is 2.83 bits per heavy atom. The third-order valence-corrected chi connectivity index (χ3v) is 2.95. The Kier molecular flexibility index (Phi) is 5.30. The highest BCUT2D eigenvalue weighted by Crippen LogP contribution is 2.16. The first-order valence-corrected chi connectivity index (χ1v) is 6.14. The standard InChI is InChI=1S/C12H21N3O3/c1-3-12(18,5-4-6-16)8-14-11(17)10-13-7-9(2)15-10/h7,16,18H,3-6,8H2,1-2H3,(H,13,15)(H,14,17)/t12-/m0/s1. The molecule has 0 aromatic carbocycles. The van der Waals surface area contributed by atoms with E-state index in [2.05, 4.69) is 15.3 Å². The van der Waals surface area contributed by atoms with Gasteiger partial charge in [0.1, 0.15) is 0 Å². The van der Waals surface area contributed by atoms with Gasteiger partial charge < -0.3 is 20.5 Å². The van der Waals surface area contributed by atoms with Crippen LogP contribution >= 0.6 is 0 Å². The van der Waals surface area contributed by atoms with E-state index in [1.165, 1.54) is 0 Å². The fourth-order valence-corrected chi connectivity index (χ4v) is 1.65. The van der Waals surface area contributed by atoms with E-state index in [1.807, 2.05) is 13.8 Å². The number of aliphatic hydroxyl groups excluding tert-OH is 1. The number of aromatic nitrogens is 2. The molecule has 0 fully saturated rings. The average Bonchev–Trinajstić information content (AvgIpc) is 2.80. The molecule has 6 nitrogen and oxygen atoms in total. The Labute approximate surface area is 106 Å². The minimum Gasteiger partial charge on any atom is -0.396 e. The SMILES string of the molecule is CC[C@](O)(CCCO)CNC(=O)c1ncc(C)[nH]1. The molecule has 0 spiro atoms. The first kappa shape index (κ1) is 14.7. The number of nitrogens with zero attached hydrogens (tertiary/aromatic N) is 1. The van der Waals surface area contributed by atoms with Gasteiger partial charge in [-0.25, -0.2) is 4.98 Å². The summed E-state index contributed by atoms with van der Waals surface area (Å²) in [6, 6.07) is 0. The molecule has 0 radical (unpaired) electrons. The van der Waals surface area contributed by atoms with Gasteiger partial charge in [0.05, 0.1) is 5.60 Å². The minimum atomic E-state index is -0.972. The van der Waals surface area contributed by atoms with E-state index in [4.69, 9.17) is 5.11 Å². The smallest absolute Gasteiger partial charge is 0.287 e. The normalized spacial score (nSPS) is 14.2. The van der Waals surface area contributed by atoms with Gasteiger partial charge in [0.25, 0.3) is 5.91 Å². The lowest BCUT2D eigenvalue weighted by molar-refractivity contribution is 0.0211. The largest absolute Gasteiger partial charge is 0.396 e. The van der Waals surface area contributed by atoms with Crippen LogP contribution in [0.25, 0.3) is 0 Å². The van der Waals surface area contributed by atoms with Crippen LogP contribution in [0.3, 0.4) is 0 Å². The van der Waals surface area contributed by atoms with Crippen LogP contribution < -0.4 is 5.32 Å². The van der Waals surface area contributed by atoms with Crippen molar-refractivity contribution in [2.24, 2.45) is 0 Å². The second-order valence-electron chi connectivity index (χ2n) is 4.50. The van der Waals surface area contributed by atoms with Crippen LogP contribution in [0.2, 0.25) is 0 Å². The Balaban J connectivity index is 2.49. The number of aliphatic hydroxyl groups is 2. The third kappa shape index (κ3) is 4.12. The average molecular weight is 255 g/mol. The van der Waals surface area contributed by atoms with Gasteiger partial charge >= 0.3 is 0 Å². The number of carbonyl (C=O) groups is 1. The number of H-pyrrole nitrogens is 1. The molecule has 1 aromatic heterocycles. The molecular formula is C12H21N3O3. The number of hydrogen-bond donors (Lipinski definition) is 4. The summed E-state index contributed by atoms with van der Waals surface area (Å²) in [6.07, 6.45) is 3.06. The van der Waals surface area contributed by atoms with Crippen molar-refractivity contribution in [1.82, 2.24) is 15.3 Å². The number of nitrogens with one attached hydrogen (secondary N) is 2. The quantitative estimate of drug-likeness (QED) is 0.565. The van der Waals surface area contributed by atoms with Gasteiger partial charge in [0.15, 0.2) is 5.82 Å². The van der Waals surface area contributed by atoms with Crippen molar-refractivity contribution >= 4 is 5.91 Å². The molecular weight excluding hydrogens is 234 g/mol. The summed E-state index contributed by atoms with van der Waals surface area (Å²) in [6.45, 7) is 3.85. The summed E-state index contributed by atoms with van der Waals surface area (Å²) in [5.41, 5.74) is -0.161. The highest BCUT2D eigenvalue weighted by atomic mass is 16.3. The van der Waals surface area contributed by atoms with Crippen molar-refractivity contribution in [3.05, 3.63) is 17.7 Å². The highest BCUT2D eigenvalue weighted by Gasteiger charge is 2.25. The van der Waals surface area contributed by atoms with Crippen LogP contribution in [0.4, 0.5) is 0 Å². The lowest BCUT2D eigenvalue weighted by Crippen LogP contribution is -2.43. The zero-order valence-electron chi connectivity index (χ0n) is 10.9. The van der Waals surface area contributed by atoms with Crippen LogP contribution in [-0.4, -0.2) is 44.8 Å². The number of imidazole rings is 1. The summed E-state index contributed by atoms with van der Waals surface area (Å²) in [4.78, 5) is 18.5. The van der Waals surface area contributed by atoms with Crippen molar-refractivity contribution in [2.75, 3.05) is 13.2 Å². The second-order valence-corrected chi connectivity index (χ2v) is 4.50.